The summed E-state index contributed by atoms with van der Waals surface area (Å²) >= 11 is 0. The molecule has 2 unspecified atom stereocenters. The minimum atomic E-state index is 0. The molecule has 2 fully saturated rings. The van der Waals surface area contributed by atoms with Crippen molar-refractivity contribution in [3.05, 3.63) is 30.1 Å². The molecule has 0 aliphatic heterocycles. The maximum absolute atomic E-state index is 12.8. The number of halogens is 1. The van der Waals surface area contributed by atoms with Gasteiger partial charge in [-0.1, -0.05) is 18.6 Å². The number of nitrogens with one attached hydrogen (secondary N) is 2. The normalized spacial score (nSPS) is 27.5. The molecule has 2 saturated carbocycles. The molecule has 2 bridgehead atoms. The van der Waals surface area contributed by atoms with Crippen molar-refractivity contribution in [3.63, 3.8) is 0 Å². The van der Waals surface area contributed by atoms with E-state index >= 15 is 0 Å². The number of hydrogen-bond acceptors (Lipinski definition) is 4. The molecule has 2 atom stereocenters. The van der Waals surface area contributed by atoms with Crippen LogP contribution in [0.3, 0.4) is 0 Å². The molecule has 2 aliphatic carbocycles. The van der Waals surface area contributed by atoms with Gasteiger partial charge in [-0.3, -0.25) is 9.89 Å². The quantitative estimate of drug-likeness (QED) is 0.766. The molecule has 1 aromatic carbocycles. The van der Waals surface area contributed by atoms with Gasteiger partial charge in [0.15, 0.2) is 5.82 Å². The Morgan fingerprint density at radius 2 is 2.00 bits per heavy atom. The van der Waals surface area contributed by atoms with Crippen molar-refractivity contribution in [3.8, 4) is 11.4 Å². The molecule has 4 rings (SSSR count). The van der Waals surface area contributed by atoms with E-state index < -0.39 is 0 Å². The van der Waals surface area contributed by atoms with Gasteiger partial charge in [-0.2, -0.15) is 5.10 Å². The summed E-state index contributed by atoms with van der Waals surface area (Å²) in [7, 11) is 0. The minimum absolute atomic E-state index is 0. The number of benzene rings is 1. The third-order valence-electron chi connectivity index (χ3n) is 5.77. The van der Waals surface area contributed by atoms with Gasteiger partial charge in [0.25, 0.3) is 0 Å². The largest absolute Gasteiger partial charge is 0.327 e. The minimum Gasteiger partial charge on any atom is -0.327 e. The summed E-state index contributed by atoms with van der Waals surface area (Å²) < 4.78 is 0. The summed E-state index contributed by atoms with van der Waals surface area (Å²) in [6, 6.07) is 7.99. The second kappa shape index (κ2) is 7.76. The summed E-state index contributed by atoms with van der Waals surface area (Å²) in [6.45, 7) is 1.87. The SMILES string of the molecule is Cc1nc(-c2cccc(NC(=O)C3CC4CCCC(C3)C4N)c2)n[nH]1.Cl. The maximum Gasteiger partial charge on any atom is 0.227 e. The lowest BCUT2D eigenvalue weighted by molar-refractivity contribution is -0.122. The molecule has 1 amide bonds. The fraction of sp³-hybridized carbons (Fsp3) is 0.526. The van der Waals surface area contributed by atoms with Crippen molar-refractivity contribution in [2.45, 2.75) is 45.1 Å². The van der Waals surface area contributed by atoms with Crippen LogP contribution >= 0.6 is 12.4 Å². The van der Waals surface area contributed by atoms with Gasteiger partial charge >= 0.3 is 0 Å². The number of amides is 1. The number of anilines is 1. The van der Waals surface area contributed by atoms with E-state index in [0.29, 0.717) is 17.7 Å². The molecule has 4 N–H and O–H groups in total. The monoisotopic (exact) mass is 375 g/mol. The number of rotatable bonds is 3. The number of aromatic nitrogens is 3. The third kappa shape index (κ3) is 3.76. The van der Waals surface area contributed by atoms with Crippen LogP contribution in [0.1, 0.15) is 37.9 Å². The Morgan fingerprint density at radius 1 is 1.27 bits per heavy atom. The molecule has 0 saturated heterocycles. The molecular formula is C19H26ClN5O. The second-order valence-corrected chi connectivity index (χ2v) is 7.51. The predicted molar refractivity (Wildman–Crippen MR) is 104 cm³/mol. The molecule has 7 heteroatoms. The van der Waals surface area contributed by atoms with Crippen LogP contribution in [-0.2, 0) is 4.79 Å². The first-order valence-electron chi connectivity index (χ1n) is 9.16. The average molecular weight is 376 g/mol. The van der Waals surface area contributed by atoms with Gasteiger partial charge in [-0.25, -0.2) is 4.98 Å². The first kappa shape index (κ1) is 18.9. The first-order chi connectivity index (χ1) is 12.1. The summed E-state index contributed by atoms with van der Waals surface area (Å²) in [5.74, 6) is 2.62. The first-order valence-corrected chi connectivity index (χ1v) is 9.16. The molecule has 1 heterocycles. The Hall–Kier alpha value is -1.92. The van der Waals surface area contributed by atoms with E-state index in [-0.39, 0.29) is 30.3 Å². The highest BCUT2D eigenvalue weighted by Gasteiger charge is 2.40. The van der Waals surface area contributed by atoms with E-state index in [2.05, 4.69) is 20.5 Å². The number of carbonyl (C=O) groups excluding carboxylic acids is 1. The van der Waals surface area contributed by atoms with Crippen molar-refractivity contribution in [2.75, 3.05) is 5.32 Å². The van der Waals surface area contributed by atoms with E-state index in [1.54, 1.807) is 0 Å². The Bertz CT molecular complexity index is 763. The van der Waals surface area contributed by atoms with Crippen LogP contribution in [0.15, 0.2) is 24.3 Å². The standard InChI is InChI=1S/C19H25N5O.ClH/c1-11-21-18(24-23-11)14-6-3-7-16(10-14)22-19(25)15-8-12-4-2-5-13(9-15)17(12)20;/h3,6-7,10,12-13,15,17H,2,4-5,8-9,20H2,1H3,(H,22,25)(H,21,23,24);1H. The zero-order chi connectivity index (χ0) is 17.4. The molecule has 2 aromatic rings. The zero-order valence-corrected chi connectivity index (χ0v) is 15.8. The predicted octanol–water partition coefficient (Wildman–Crippen LogP) is 3.29. The maximum atomic E-state index is 12.8. The van der Waals surface area contributed by atoms with E-state index in [4.69, 9.17) is 5.73 Å². The summed E-state index contributed by atoms with van der Waals surface area (Å²) in [4.78, 5) is 17.1. The number of fused-ring (bicyclic) bond motifs is 2. The van der Waals surface area contributed by atoms with E-state index in [9.17, 15) is 4.79 Å². The van der Waals surface area contributed by atoms with Crippen LogP contribution in [-0.4, -0.2) is 27.1 Å². The van der Waals surface area contributed by atoms with Crippen LogP contribution in [0.5, 0.6) is 0 Å². The fourth-order valence-electron chi connectivity index (χ4n) is 4.46. The van der Waals surface area contributed by atoms with Gasteiger partial charge in [0.05, 0.1) is 0 Å². The van der Waals surface area contributed by atoms with Crippen LogP contribution in [0.25, 0.3) is 11.4 Å². The second-order valence-electron chi connectivity index (χ2n) is 7.51. The van der Waals surface area contributed by atoms with Crippen molar-refractivity contribution < 1.29 is 4.79 Å². The third-order valence-corrected chi connectivity index (χ3v) is 5.77. The van der Waals surface area contributed by atoms with Crippen LogP contribution < -0.4 is 11.1 Å². The van der Waals surface area contributed by atoms with Crippen LogP contribution in [0, 0.1) is 24.7 Å². The number of nitrogens with zero attached hydrogens (tertiary/aromatic N) is 2. The Morgan fingerprint density at radius 3 is 2.65 bits per heavy atom. The number of hydrogen-bond donors (Lipinski definition) is 3. The van der Waals surface area contributed by atoms with Gasteiger partial charge in [-0.15, -0.1) is 12.4 Å². The summed E-state index contributed by atoms with van der Waals surface area (Å²) in [5, 5.41) is 10.1. The van der Waals surface area contributed by atoms with E-state index in [1.807, 2.05) is 31.2 Å². The van der Waals surface area contributed by atoms with Gasteiger partial charge in [0, 0.05) is 23.2 Å². The lowest BCUT2D eigenvalue weighted by Gasteiger charge is -2.43. The van der Waals surface area contributed by atoms with E-state index in [0.717, 1.165) is 29.9 Å². The molecule has 140 valence electrons. The number of H-pyrrole nitrogens is 1. The highest BCUT2D eigenvalue weighted by molar-refractivity contribution is 5.93. The molecule has 0 radical (unpaired) electrons. The number of carbonyl (C=O) groups is 1. The Kier molecular flexibility index (Phi) is 5.63. The molecule has 0 spiro atoms. The van der Waals surface area contributed by atoms with Gasteiger partial charge in [-0.05, 0) is 56.6 Å². The number of aromatic amines is 1. The van der Waals surface area contributed by atoms with Crippen LogP contribution in [0.4, 0.5) is 5.69 Å². The molecular weight excluding hydrogens is 350 g/mol. The molecule has 6 nitrogen and oxygen atoms in total. The van der Waals surface area contributed by atoms with E-state index in [1.165, 1.54) is 19.3 Å². The fourth-order valence-corrected chi connectivity index (χ4v) is 4.46. The lowest BCUT2D eigenvalue weighted by atomic mass is 9.65. The zero-order valence-electron chi connectivity index (χ0n) is 14.9. The van der Waals surface area contributed by atoms with Crippen molar-refractivity contribution >= 4 is 24.0 Å². The van der Waals surface area contributed by atoms with Gasteiger partial charge in [0.1, 0.15) is 5.82 Å². The topological polar surface area (TPSA) is 96.7 Å². The highest BCUT2D eigenvalue weighted by Crippen LogP contribution is 2.42. The van der Waals surface area contributed by atoms with Gasteiger partial charge in [0.2, 0.25) is 5.91 Å². The Labute approximate surface area is 159 Å². The lowest BCUT2D eigenvalue weighted by Crippen LogP contribution is -2.48. The van der Waals surface area contributed by atoms with Gasteiger partial charge < -0.3 is 11.1 Å². The summed E-state index contributed by atoms with van der Waals surface area (Å²) in [6.07, 6.45) is 5.43. The average Bonchev–Trinajstić information content (AvgIpc) is 3.01. The summed E-state index contributed by atoms with van der Waals surface area (Å²) in [5.41, 5.74) is 8.03. The van der Waals surface area contributed by atoms with Crippen molar-refractivity contribution in [1.82, 2.24) is 15.2 Å². The Balaban J connectivity index is 0.00000196. The number of nitrogens with two attached hydrogens (primary N) is 1. The molecule has 26 heavy (non-hydrogen) atoms. The van der Waals surface area contributed by atoms with Crippen molar-refractivity contribution in [1.29, 1.82) is 0 Å². The molecule has 2 aliphatic rings. The highest BCUT2D eigenvalue weighted by atomic mass is 35.5. The van der Waals surface area contributed by atoms with Crippen LogP contribution in [0.2, 0.25) is 0 Å². The number of aryl methyl sites for hydroxylation is 1. The van der Waals surface area contributed by atoms with Crippen molar-refractivity contribution in [2.24, 2.45) is 23.5 Å². The molecule has 1 aromatic heterocycles. The smallest absolute Gasteiger partial charge is 0.227 e.